The van der Waals surface area contributed by atoms with Gasteiger partial charge in [-0.1, -0.05) is 0 Å². The summed E-state index contributed by atoms with van der Waals surface area (Å²) in [5.41, 5.74) is 0.867. The fourth-order valence-electron chi connectivity index (χ4n) is 2.22. The number of carbonyl (C=O) groups is 1. The Morgan fingerprint density at radius 2 is 2.33 bits per heavy atom. The molecule has 2 fully saturated rings. The van der Waals surface area contributed by atoms with Gasteiger partial charge >= 0.3 is 0 Å². The summed E-state index contributed by atoms with van der Waals surface area (Å²) >= 11 is 1.56. The Balaban J connectivity index is 1.60. The summed E-state index contributed by atoms with van der Waals surface area (Å²) in [6.07, 6.45) is 4.81. The van der Waals surface area contributed by atoms with Gasteiger partial charge in [-0.3, -0.25) is 4.79 Å². The minimum absolute atomic E-state index is 0.00685. The number of nitrogens with one attached hydrogen (secondary N) is 1. The van der Waals surface area contributed by atoms with Crippen molar-refractivity contribution in [2.24, 2.45) is 0 Å². The second kappa shape index (κ2) is 4.97. The van der Waals surface area contributed by atoms with Crippen LogP contribution < -0.4 is 5.32 Å². The van der Waals surface area contributed by atoms with Gasteiger partial charge in [0.15, 0.2) is 0 Å². The molecule has 1 unspecified atom stereocenters. The van der Waals surface area contributed by atoms with Crippen LogP contribution in [-0.2, 0) is 4.74 Å². The standard InChI is InChI=1S/C13H18N2O2S/c1-8-11(18-13(15-8)9-4-5-9)12(16)14-7-10-3-2-6-17-10/h9-10H,2-7H2,1H3,(H,14,16). The molecule has 3 rings (SSSR count). The lowest BCUT2D eigenvalue weighted by atomic mass is 10.2. The molecule has 1 aromatic rings. The van der Waals surface area contributed by atoms with E-state index in [1.165, 1.54) is 12.8 Å². The molecule has 1 N–H and O–H groups in total. The topological polar surface area (TPSA) is 51.2 Å². The van der Waals surface area contributed by atoms with Crippen molar-refractivity contribution in [2.75, 3.05) is 13.2 Å². The zero-order chi connectivity index (χ0) is 12.5. The Hall–Kier alpha value is -0.940. The molecule has 1 atom stereocenters. The third-order valence-electron chi connectivity index (χ3n) is 3.46. The molecule has 2 aliphatic rings. The van der Waals surface area contributed by atoms with E-state index in [4.69, 9.17) is 4.74 Å². The van der Waals surface area contributed by atoms with Crippen LogP contribution in [0.4, 0.5) is 0 Å². The van der Waals surface area contributed by atoms with Crippen LogP contribution in [-0.4, -0.2) is 30.1 Å². The van der Waals surface area contributed by atoms with Gasteiger partial charge in [0.05, 0.1) is 16.8 Å². The third-order valence-corrected chi connectivity index (χ3v) is 4.78. The van der Waals surface area contributed by atoms with E-state index in [2.05, 4.69) is 10.3 Å². The van der Waals surface area contributed by atoms with Crippen LogP contribution in [0.25, 0.3) is 0 Å². The van der Waals surface area contributed by atoms with Crippen LogP contribution in [0.15, 0.2) is 0 Å². The summed E-state index contributed by atoms with van der Waals surface area (Å²) in [7, 11) is 0. The summed E-state index contributed by atoms with van der Waals surface area (Å²) < 4.78 is 5.50. The lowest BCUT2D eigenvalue weighted by Crippen LogP contribution is -2.31. The number of amides is 1. The molecule has 0 spiro atoms. The van der Waals surface area contributed by atoms with Crippen molar-refractivity contribution in [3.8, 4) is 0 Å². The van der Waals surface area contributed by atoms with Gasteiger partial charge in [0.2, 0.25) is 0 Å². The molecule has 98 valence electrons. The average molecular weight is 266 g/mol. The normalized spacial score (nSPS) is 23.3. The number of rotatable bonds is 4. The molecule has 4 nitrogen and oxygen atoms in total. The van der Waals surface area contributed by atoms with Gasteiger partial charge < -0.3 is 10.1 Å². The molecular formula is C13H18N2O2S. The van der Waals surface area contributed by atoms with Crippen molar-refractivity contribution in [2.45, 2.75) is 44.6 Å². The molecule has 0 aromatic carbocycles. The lowest BCUT2D eigenvalue weighted by molar-refractivity contribution is 0.0860. The minimum Gasteiger partial charge on any atom is -0.376 e. The highest BCUT2D eigenvalue weighted by atomic mass is 32.1. The van der Waals surface area contributed by atoms with Gasteiger partial charge in [-0.15, -0.1) is 11.3 Å². The largest absolute Gasteiger partial charge is 0.376 e. The summed E-state index contributed by atoms with van der Waals surface area (Å²) in [5.74, 6) is 0.626. The Labute approximate surface area is 111 Å². The van der Waals surface area contributed by atoms with Gasteiger partial charge in [0.25, 0.3) is 5.91 Å². The van der Waals surface area contributed by atoms with E-state index in [1.54, 1.807) is 11.3 Å². The molecule has 2 heterocycles. The smallest absolute Gasteiger partial charge is 0.263 e. The number of thiazole rings is 1. The summed E-state index contributed by atoms with van der Waals surface area (Å²) in [5, 5.41) is 4.09. The number of ether oxygens (including phenoxy) is 1. The molecule has 1 saturated carbocycles. The molecule has 0 radical (unpaired) electrons. The van der Waals surface area contributed by atoms with Crippen molar-refractivity contribution in [1.82, 2.24) is 10.3 Å². The predicted octanol–water partition coefficient (Wildman–Crippen LogP) is 2.24. The van der Waals surface area contributed by atoms with E-state index in [0.29, 0.717) is 12.5 Å². The maximum absolute atomic E-state index is 12.1. The van der Waals surface area contributed by atoms with E-state index in [-0.39, 0.29) is 12.0 Å². The molecule has 1 aliphatic heterocycles. The second-order valence-electron chi connectivity index (χ2n) is 5.09. The molecule has 1 aliphatic carbocycles. The zero-order valence-electron chi connectivity index (χ0n) is 10.6. The molecule has 1 amide bonds. The summed E-state index contributed by atoms with van der Waals surface area (Å²) in [6.45, 7) is 3.37. The first-order chi connectivity index (χ1) is 8.74. The SMILES string of the molecule is Cc1nc(C2CC2)sc1C(=O)NCC1CCCO1. The average Bonchev–Trinajstić information content (AvgIpc) is 2.94. The second-order valence-corrected chi connectivity index (χ2v) is 6.12. The van der Waals surface area contributed by atoms with Crippen LogP contribution in [0.2, 0.25) is 0 Å². The van der Waals surface area contributed by atoms with E-state index >= 15 is 0 Å². The van der Waals surface area contributed by atoms with Crippen LogP contribution in [0.1, 0.15) is 52.0 Å². The van der Waals surface area contributed by atoms with E-state index < -0.39 is 0 Å². The molecule has 1 saturated heterocycles. The van der Waals surface area contributed by atoms with E-state index in [1.807, 2.05) is 6.92 Å². The highest BCUT2D eigenvalue weighted by molar-refractivity contribution is 7.13. The van der Waals surface area contributed by atoms with Gasteiger partial charge in [-0.2, -0.15) is 0 Å². The number of hydrogen-bond donors (Lipinski definition) is 1. The number of hydrogen-bond acceptors (Lipinski definition) is 4. The third kappa shape index (κ3) is 2.57. The van der Waals surface area contributed by atoms with Crippen molar-refractivity contribution in [3.63, 3.8) is 0 Å². The Bertz CT molecular complexity index is 448. The highest BCUT2D eigenvalue weighted by Crippen LogP contribution is 2.42. The van der Waals surface area contributed by atoms with Gasteiger partial charge in [-0.05, 0) is 32.6 Å². The van der Waals surface area contributed by atoms with Gasteiger partial charge in [0.1, 0.15) is 4.88 Å². The maximum atomic E-state index is 12.1. The van der Waals surface area contributed by atoms with Gasteiger partial charge in [-0.25, -0.2) is 4.98 Å². The first kappa shape index (κ1) is 12.1. The Morgan fingerprint density at radius 1 is 1.50 bits per heavy atom. The molecule has 18 heavy (non-hydrogen) atoms. The first-order valence-corrected chi connectivity index (χ1v) is 7.43. The molecule has 0 bridgehead atoms. The van der Waals surface area contributed by atoms with E-state index in [9.17, 15) is 4.79 Å². The molecular weight excluding hydrogens is 248 g/mol. The summed E-state index contributed by atoms with van der Waals surface area (Å²) in [4.78, 5) is 17.4. The number of nitrogens with zero attached hydrogens (tertiary/aromatic N) is 1. The number of aromatic nitrogens is 1. The van der Waals surface area contributed by atoms with Crippen molar-refractivity contribution in [3.05, 3.63) is 15.6 Å². The van der Waals surface area contributed by atoms with Crippen LogP contribution >= 0.6 is 11.3 Å². The van der Waals surface area contributed by atoms with E-state index in [0.717, 1.165) is 35.0 Å². The van der Waals surface area contributed by atoms with Crippen molar-refractivity contribution >= 4 is 17.2 Å². The van der Waals surface area contributed by atoms with Crippen LogP contribution in [0.5, 0.6) is 0 Å². The quantitative estimate of drug-likeness (QED) is 0.909. The number of carbonyl (C=O) groups excluding carboxylic acids is 1. The lowest BCUT2D eigenvalue weighted by Gasteiger charge is -2.09. The maximum Gasteiger partial charge on any atom is 0.263 e. The Morgan fingerprint density at radius 3 is 3.00 bits per heavy atom. The minimum atomic E-state index is 0.00685. The van der Waals surface area contributed by atoms with Gasteiger partial charge in [0, 0.05) is 19.1 Å². The van der Waals surface area contributed by atoms with Crippen molar-refractivity contribution < 1.29 is 9.53 Å². The number of aryl methyl sites for hydroxylation is 1. The summed E-state index contributed by atoms with van der Waals surface area (Å²) in [6, 6.07) is 0. The highest BCUT2D eigenvalue weighted by Gasteiger charge is 2.29. The van der Waals surface area contributed by atoms with Crippen LogP contribution in [0.3, 0.4) is 0 Å². The Kier molecular flexibility index (Phi) is 3.35. The molecule has 1 aromatic heterocycles. The van der Waals surface area contributed by atoms with Crippen molar-refractivity contribution in [1.29, 1.82) is 0 Å². The fourth-order valence-corrected chi connectivity index (χ4v) is 3.38. The first-order valence-electron chi connectivity index (χ1n) is 6.61. The van der Waals surface area contributed by atoms with Crippen LogP contribution in [0, 0.1) is 6.92 Å². The molecule has 5 heteroatoms. The zero-order valence-corrected chi connectivity index (χ0v) is 11.4. The fraction of sp³-hybridized carbons (Fsp3) is 0.692. The predicted molar refractivity (Wildman–Crippen MR) is 70.1 cm³/mol. The monoisotopic (exact) mass is 266 g/mol.